The molecule has 19 heavy (non-hydrogen) atoms. The maximum absolute atomic E-state index is 5.92. The normalized spacial score (nSPS) is 23.1. The molecule has 1 aliphatic rings. The third-order valence-electron chi connectivity index (χ3n) is 4.24. The van der Waals surface area contributed by atoms with Gasteiger partial charge < -0.3 is 10.6 Å². The highest BCUT2D eigenvalue weighted by molar-refractivity contribution is 5.68. The van der Waals surface area contributed by atoms with Gasteiger partial charge in [-0.3, -0.25) is 0 Å². The van der Waals surface area contributed by atoms with E-state index >= 15 is 0 Å². The average Bonchev–Trinajstić information content (AvgIpc) is 3.08. The van der Waals surface area contributed by atoms with Crippen molar-refractivity contribution in [3.05, 3.63) is 24.7 Å². The molecule has 2 unspecified atom stereocenters. The molecule has 0 aliphatic heterocycles. The SMILES string of the molecule is CCN(c1nccn2nccc12)C1CCCC1CN. The van der Waals surface area contributed by atoms with E-state index < -0.39 is 0 Å². The number of anilines is 1. The molecule has 1 aliphatic carbocycles. The van der Waals surface area contributed by atoms with Crippen LogP contribution in [0.3, 0.4) is 0 Å². The quantitative estimate of drug-likeness (QED) is 0.907. The van der Waals surface area contributed by atoms with Gasteiger partial charge in [-0.2, -0.15) is 5.10 Å². The maximum atomic E-state index is 5.92. The van der Waals surface area contributed by atoms with Crippen molar-refractivity contribution in [2.75, 3.05) is 18.0 Å². The zero-order valence-electron chi connectivity index (χ0n) is 11.4. The second-order valence-corrected chi connectivity index (χ2v) is 5.19. The van der Waals surface area contributed by atoms with Crippen LogP contribution in [0.4, 0.5) is 5.82 Å². The predicted molar refractivity (Wildman–Crippen MR) is 76.2 cm³/mol. The molecule has 2 aromatic heterocycles. The van der Waals surface area contributed by atoms with Crippen LogP contribution in [0.15, 0.2) is 24.7 Å². The lowest BCUT2D eigenvalue weighted by atomic mass is 10.0. The highest BCUT2D eigenvalue weighted by Gasteiger charge is 2.32. The van der Waals surface area contributed by atoms with Crippen LogP contribution in [-0.2, 0) is 0 Å². The van der Waals surface area contributed by atoms with Crippen molar-refractivity contribution in [2.24, 2.45) is 11.7 Å². The van der Waals surface area contributed by atoms with E-state index in [0.29, 0.717) is 12.0 Å². The summed E-state index contributed by atoms with van der Waals surface area (Å²) in [6.45, 7) is 3.91. The molecule has 1 fully saturated rings. The molecule has 3 rings (SSSR count). The third-order valence-corrected chi connectivity index (χ3v) is 4.24. The van der Waals surface area contributed by atoms with E-state index in [0.717, 1.165) is 24.4 Å². The van der Waals surface area contributed by atoms with Crippen molar-refractivity contribution in [3.63, 3.8) is 0 Å². The standard InChI is InChI=1S/C14H21N5/c1-2-18(12-5-3-4-11(12)10-15)14-13-6-7-17-19(13)9-8-16-14/h6-9,11-12H,2-5,10,15H2,1H3. The monoisotopic (exact) mass is 259 g/mol. The van der Waals surface area contributed by atoms with Crippen LogP contribution in [0.1, 0.15) is 26.2 Å². The minimum absolute atomic E-state index is 0.517. The molecule has 5 nitrogen and oxygen atoms in total. The third kappa shape index (κ3) is 2.08. The summed E-state index contributed by atoms with van der Waals surface area (Å²) in [4.78, 5) is 6.99. The molecule has 0 saturated heterocycles. The summed E-state index contributed by atoms with van der Waals surface area (Å²) in [6, 6.07) is 2.54. The molecule has 2 atom stereocenters. The van der Waals surface area contributed by atoms with E-state index in [2.05, 4.69) is 21.9 Å². The Morgan fingerprint density at radius 1 is 1.42 bits per heavy atom. The fraction of sp³-hybridized carbons (Fsp3) is 0.571. The number of rotatable bonds is 4. The van der Waals surface area contributed by atoms with Crippen LogP contribution in [0.5, 0.6) is 0 Å². The molecule has 2 heterocycles. The van der Waals surface area contributed by atoms with Crippen LogP contribution >= 0.6 is 0 Å². The van der Waals surface area contributed by atoms with Gasteiger partial charge in [-0.25, -0.2) is 9.50 Å². The van der Waals surface area contributed by atoms with Crippen molar-refractivity contribution in [3.8, 4) is 0 Å². The molecule has 0 radical (unpaired) electrons. The molecule has 0 spiro atoms. The summed E-state index contributed by atoms with van der Waals surface area (Å²) in [6.07, 6.45) is 9.26. The van der Waals surface area contributed by atoms with Crippen LogP contribution < -0.4 is 10.6 Å². The molecule has 2 N–H and O–H groups in total. The summed E-state index contributed by atoms with van der Waals surface area (Å²) < 4.78 is 1.89. The lowest BCUT2D eigenvalue weighted by Gasteiger charge is -2.33. The number of hydrogen-bond donors (Lipinski definition) is 1. The van der Waals surface area contributed by atoms with Crippen molar-refractivity contribution in [1.29, 1.82) is 0 Å². The number of nitrogens with two attached hydrogens (primary N) is 1. The van der Waals surface area contributed by atoms with Gasteiger partial charge in [0.25, 0.3) is 0 Å². The van der Waals surface area contributed by atoms with E-state index in [1.165, 1.54) is 19.3 Å². The van der Waals surface area contributed by atoms with Gasteiger partial charge in [0.15, 0.2) is 5.82 Å². The summed E-state index contributed by atoms with van der Waals surface area (Å²) in [5.41, 5.74) is 7.00. The van der Waals surface area contributed by atoms with Gasteiger partial charge in [0.2, 0.25) is 0 Å². The Kier molecular flexibility index (Phi) is 3.38. The van der Waals surface area contributed by atoms with Gasteiger partial charge in [0.05, 0.1) is 6.20 Å². The van der Waals surface area contributed by atoms with Crippen LogP contribution in [0.2, 0.25) is 0 Å². The van der Waals surface area contributed by atoms with Gasteiger partial charge in [-0.05, 0) is 38.3 Å². The minimum Gasteiger partial charge on any atom is -0.352 e. The fourth-order valence-electron chi connectivity index (χ4n) is 3.31. The van der Waals surface area contributed by atoms with E-state index in [1.54, 1.807) is 0 Å². The number of fused-ring (bicyclic) bond motifs is 1. The Hall–Kier alpha value is -1.62. The van der Waals surface area contributed by atoms with Gasteiger partial charge in [0.1, 0.15) is 5.52 Å². The van der Waals surface area contributed by atoms with E-state index in [4.69, 9.17) is 5.73 Å². The molecule has 5 heteroatoms. The van der Waals surface area contributed by atoms with Crippen molar-refractivity contribution in [1.82, 2.24) is 14.6 Å². The van der Waals surface area contributed by atoms with Crippen LogP contribution in [-0.4, -0.2) is 33.7 Å². The Morgan fingerprint density at radius 2 is 2.32 bits per heavy atom. The number of nitrogens with zero attached hydrogens (tertiary/aromatic N) is 4. The largest absolute Gasteiger partial charge is 0.352 e. The van der Waals surface area contributed by atoms with Gasteiger partial charge in [0, 0.05) is 25.0 Å². The zero-order chi connectivity index (χ0) is 13.2. The highest BCUT2D eigenvalue weighted by Crippen LogP contribution is 2.32. The second-order valence-electron chi connectivity index (χ2n) is 5.19. The lowest BCUT2D eigenvalue weighted by Crippen LogP contribution is -2.41. The first-order chi connectivity index (χ1) is 9.35. The first-order valence-corrected chi connectivity index (χ1v) is 7.10. The number of aromatic nitrogens is 3. The topological polar surface area (TPSA) is 59.5 Å². The summed E-state index contributed by atoms with van der Waals surface area (Å²) in [5.74, 6) is 1.62. The lowest BCUT2D eigenvalue weighted by molar-refractivity contribution is 0.460. The number of hydrogen-bond acceptors (Lipinski definition) is 4. The Morgan fingerprint density at radius 3 is 3.11 bits per heavy atom. The van der Waals surface area contributed by atoms with Crippen molar-refractivity contribution >= 4 is 11.3 Å². The van der Waals surface area contributed by atoms with Crippen LogP contribution in [0, 0.1) is 5.92 Å². The highest BCUT2D eigenvalue weighted by atomic mass is 15.3. The smallest absolute Gasteiger partial charge is 0.154 e. The first kappa shape index (κ1) is 12.4. The Labute approximate surface area is 113 Å². The van der Waals surface area contributed by atoms with Gasteiger partial charge in [-0.15, -0.1) is 0 Å². The maximum Gasteiger partial charge on any atom is 0.154 e. The fourth-order valence-corrected chi connectivity index (χ4v) is 3.31. The average molecular weight is 259 g/mol. The van der Waals surface area contributed by atoms with Crippen LogP contribution in [0.25, 0.3) is 5.52 Å². The van der Waals surface area contributed by atoms with Gasteiger partial charge >= 0.3 is 0 Å². The molecular formula is C14H21N5. The summed E-state index contributed by atoms with van der Waals surface area (Å²) in [7, 11) is 0. The Bertz CT molecular complexity index is 550. The molecule has 0 aromatic carbocycles. The summed E-state index contributed by atoms with van der Waals surface area (Å²) >= 11 is 0. The van der Waals surface area contributed by atoms with E-state index in [-0.39, 0.29) is 0 Å². The first-order valence-electron chi connectivity index (χ1n) is 7.10. The minimum atomic E-state index is 0.517. The Balaban J connectivity index is 2.00. The molecule has 0 amide bonds. The van der Waals surface area contributed by atoms with Gasteiger partial charge in [-0.1, -0.05) is 6.42 Å². The zero-order valence-corrected chi connectivity index (χ0v) is 11.4. The molecular weight excluding hydrogens is 238 g/mol. The molecule has 0 bridgehead atoms. The van der Waals surface area contributed by atoms with E-state index in [1.807, 2.05) is 29.2 Å². The molecule has 102 valence electrons. The second kappa shape index (κ2) is 5.17. The molecule has 2 aromatic rings. The van der Waals surface area contributed by atoms with Crippen molar-refractivity contribution in [2.45, 2.75) is 32.2 Å². The predicted octanol–water partition coefficient (Wildman–Crippen LogP) is 1.68. The van der Waals surface area contributed by atoms with Crippen molar-refractivity contribution < 1.29 is 0 Å². The molecule has 1 saturated carbocycles. The summed E-state index contributed by atoms with van der Waals surface area (Å²) in [5, 5.41) is 4.29. The van der Waals surface area contributed by atoms with E-state index in [9.17, 15) is 0 Å².